The first kappa shape index (κ1) is 23.2. The molecule has 0 heterocycles. The molecule has 0 bridgehead atoms. The van der Waals surface area contributed by atoms with E-state index in [9.17, 15) is 21.6 Å². The second kappa shape index (κ2) is 9.33. The largest absolute Gasteiger partial charge is 0.452 e. The molecule has 0 aromatic heterocycles. The van der Waals surface area contributed by atoms with Crippen LogP contribution in [0.2, 0.25) is 0 Å². The van der Waals surface area contributed by atoms with Gasteiger partial charge in [-0.3, -0.25) is 0 Å². The average molecular weight is 456 g/mol. The maximum absolute atomic E-state index is 14.1. The molecule has 0 radical (unpaired) electrons. The first-order valence-electron chi connectivity index (χ1n) is 9.53. The van der Waals surface area contributed by atoms with Crippen LogP contribution in [0.25, 0.3) is 5.57 Å². The van der Waals surface area contributed by atoms with E-state index in [0.29, 0.717) is 5.56 Å². The lowest BCUT2D eigenvalue weighted by Gasteiger charge is -2.16. The predicted octanol–water partition coefficient (Wildman–Crippen LogP) is 6.03. The number of allylic oxidation sites excluding steroid dienone is 2. The lowest BCUT2D eigenvalue weighted by molar-refractivity contribution is -0.114. The Hall–Kier alpha value is -3.50. The third-order valence-corrected chi connectivity index (χ3v) is 5.67. The Kier molecular flexibility index (Phi) is 6.75. The summed E-state index contributed by atoms with van der Waals surface area (Å²) in [7, 11) is -4.75. The van der Waals surface area contributed by atoms with Crippen molar-refractivity contribution in [2.45, 2.75) is 24.9 Å². The van der Waals surface area contributed by atoms with Crippen LogP contribution in [0, 0.1) is 25.7 Å². The predicted molar refractivity (Wildman–Crippen MR) is 117 cm³/mol. The van der Waals surface area contributed by atoms with E-state index in [1.165, 1.54) is 36.4 Å². The summed E-state index contributed by atoms with van der Waals surface area (Å²) in [5, 5.41) is 0. The minimum atomic E-state index is -5.11. The van der Waals surface area contributed by atoms with Gasteiger partial charge in [-0.1, -0.05) is 77.6 Å². The van der Waals surface area contributed by atoms with E-state index < -0.39 is 27.6 Å². The molecule has 0 aliphatic heterocycles. The third kappa shape index (κ3) is 5.80. The Morgan fingerprint density at radius 3 is 1.88 bits per heavy atom. The molecule has 0 atom stereocenters. The molecule has 7 heteroatoms. The summed E-state index contributed by atoms with van der Waals surface area (Å²) in [6.07, 6.45) is -5.11. The van der Waals surface area contributed by atoms with Gasteiger partial charge in [-0.2, -0.15) is 21.6 Å². The second-order valence-corrected chi connectivity index (χ2v) is 8.58. The number of halogens is 3. The van der Waals surface area contributed by atoms with E-state index in [-0.39, 0.29) is 10.5 Å². The SMILES string of the molecule is Cc1ccc(/C(C#Cc2ccccc2)=C(/OS(=O)(=O)c2ccc(C)cc2)C(F)(F)F)cc1. The minimum Gasteiger partial charge on any atom is -0.372 e. The number of rotatable bonds is 4. The van der Waals surface area contributed by atoms with Crippen molar-refractivity contribution >= 4 is 15.7 Å². The van der Waals surface area contributed by atoms with Crippen molar-refractivity contribution < 1.29 is 25.8 Å². The van der Waals surface area contributed by atoms with Crippen LogP contribution in [0.1, 0.15) is 22.3 Å². The molecule has 3 aromatic rings. The van der Waals surface area contributed by atoms with Crippen LogP contribution in [0.5, 0.6) is 0 Å². The van der Waals surface area contributed by atoms with Crippen LogP contribution in [0.15, 0.2) is 89.5 Å². The highest BCUT2D eigenvalue weighted by molar-refractivity contribution is 7.86. The highest BCUT2D eigenvalue weighted by atomic mass is 32.2. The monoisotopic (exact) mass is 456 g/mol. The topological polar surface area (TPSA) is 43.4 Å². The lowest BCUT2D eigenvalue weighted by atomic mass is 10.0. The summed E-state index contributed by atoms with van der Waals surface area (Å²) in [5.74, 6) is 3.45. The molecule has 0 saturated carbocycles. The number of alkyl halides is 3. The van der Waals surface area contributed by atoms with Gasteiger partial charge in [-0.05, 0) is 43.7 Å². The van der Waals surface area contributed by atoms with E-state index in [1.54, 1.807) is 56.3 Å². The minimum absolute atomic E-state index is 0.0884. The lowest BCUT2D eigenvalue weighted by Crippen LogP contribution is -2.20. The van der Waals surface area contributed by atoms with E-state index in [4.69, 9.17) is 0 Å². The maximum atomic E-state index is 14.1. The van der Waals surface area contributed by atoms with Crippen molar-refractivity contribution in [3.63, 3.8) is 0 Å². The first-order valence-corrected chi connectivity index (χ1v) is 10.9. The van der Waals surface area contributed by atoms with Crippen LogP contribution in [0.4, 0.5) is 13.2 Å². The van der Waals surface area contributed by atoms with Crippen LogP contribution in [-0.2, 0) is 14.3 Å². The molecule has 0 fully saturated rings. The summed E-state index contributed by atoms with van der Waals surface area (Å²) < 4.78 is 72.2. The fourth-order valence-corrected chi connectivity index (χ4v) is 3.69. The zero-order chi connectivity index (χ0) is 23.4. The fourth-order valence-electron chi connectivity index (χ4n) is 2.73. The smallest absolute Gasteiger partial charge is 0.372 e. The summed E-state index contributed by atoms with van der Waals surface area (Å²) >= 11 is 0. The Bertz CT molecular complexity index is 1280. The normalized spacial score (nSPS) is 12.4. The molecule has 3 aromatic carbocycles. The van der Waals surface area contributed by atoms with Gasteiger partial charge in [0.25, 0.3) is 0 Å². The van der Waals surface area contributed by atoms with Crippen molar-refractivity contribution in [1.82, 2.24) is 0 Å². The molecular formula is C25H19F3O3S. The van der Waals surface area contributed by atoms with Crippen LogP contribution >= 0.6 is 0 Å². The van der Waals surface area contributed by atoms with E-state index >= 15 is 0 Å². The number of aryl methyl sites for hydroxylation is 2. The zero-order valence-electron chi connectivity index (χ0n) is 17.3. The molecule has 0 spiro atoms. The summed E-state index contributed by atoms with van der Waals surface area (Å²) in [5.41, 5.74) is 1.57. The van der Waals surface area contributed by atoms with Gasteiger partial charge in [0.15, 0.2) is 0 Å². The van der Waals surface area contributed by atoms with Gasteiger partial charge >= 0.3 is 16.3 Å². The van der Waals surface area contributed by atoms with Gasteiger partial charge in [0.1, 0.15) is 4.90 Å². The molecular weight excluding hydrogens is 437 g/mol. The van der Waals surface area contributed by atoms with Crippen molar-refractivity contribution in [2.24, 2.45) is 0 Å². The van der Waals surface area contributed by atoms with Gasteiger partial charge in [-0.25, -0.2) is 0 Å². The average Bonchev–Trinajstić information content (AvgIpc) is 2.74. The molecule has 0 aliphatic rings. The Labute approximate surface area is 185 Å². The molecule has 0 aliphatic carbocycles. The summed E-state index contributed by atoms with van der Waals surface area (Å²) in [6, 6.07) is 19.9. The van der Waals surface area contributed by atoms with E-state index in [1.807, 2.05) is 0 Å². The van der Waals surface area contributed by atoms with Crippen LogP contribution in [0.3, 0.4) is 0 Å². The molecule has 0 saturated heterocycles. The molecule has 3 rings (SSSR count). The molecule has 0 unspecified atom stereocenters. The molecule has 0 amide bonds. The van der Waals surface area contributed by atoms with Crippen molar-refractivity contribution in [2.75, 3.05) is 0 Å². The van der Waals surface area contributed by atoms with Gasteiger partial charge in [0.2, 0.25) is 5.76 Å². The Morgan fingerprint density at radius 1 is 0.812 bits per heavy atom. The second-order valence-electron chi connectivity index (χ2n) is 7.03. The molecule has 32 heavy (non-hydrogen) atoms. The van der Waals surface area contributed by atoms with Gasteiger partial charge in [0.05, 0.1) is 5.57 Å². The third-order valence-electron chi connectivity index (χ3n) is 4.43. The highest BCUT2D eigenvalue weighted by Gasteiger charge is 2.42. The van der Waals surface area contributed by atoms with Crippen molar-refractivity contribution in [1.29, 1.82) is 0 Å². The van der Waals surface area contributed by atoms with Crippen LogP contribution < -0.4 is 0 Å². The molecule has 164 valence electrons. The van der Waals surface area contributed by atoms with Crippen LogP contribution in [-0.4, -0.2) is 14.6 Å². The zero-order valence-corrected chi connectivity index (χ0v) is 18.1. The van der Waals surface area contributed by atoms with E-state index in [2.05, 4.69) is 16.0 Å². The first-order chi connectivity index (χ1) is 15.1. The Balaban J connectivity index is 2.20. The fraction of sp³-hybridized carbons (Fsp3) is 0.120. The van der Waals surface area contributed by atoms with E-state index in [0.717, 1.165) is 11.1 Å². The quantitative estimate of drug-likeness (QED) is 0.273. The molecule has 0 N–H and O–H groups in total. The number of hydrogen-bond donors (Lipinski definition) is 0. The summed E-state index contributed by atoms with van der Waals surface area (Å²) in [6.45, 7) is 3.51. The van der Waals surface area contributed by atoms with Gasteiger partial charge in [0, 0.05) is 5.56 Å². The molecule has 3 nitrogen and oxygen atoms in total. The maximum Gasteiger partial charge on any atom is 0.452 e. The van der Waals surface area contributed by atoms with Gasteiger partial charge in [-0.15, -0.1) is 0 Å². The van der Waals surface area contributed by atoms with Crippen molar-refractivity contribution in [3.8, 4) is 11.8 Å². The Morgan fingerprint density at radius 2 is 1.34 bits per heavy atom. The van der Waals surface area contributed by atoms with Gasteiger partial charge < -0.3 is 4.18 Å². The standard InChI is InChI=1S/C25H19F3O3S/c1-18-8-13-21(14-9-18)23(17-12-20-6-4-3-5-7-20)24(25(26,27)28)31-32(29,30)22-15-10-19(2)11-16-22/h3-11,13-16H,1-2H3/b24-23+. The van der Waals surface area contributed by atoms with Crippen molar-refractivity contribution in [3.05, 3.63) is 107 Å². The highest BCUT2D eigenvalue weighted by Crippen LogP contribution is 2.36. The summed E-state index contributed by atoms with van der Waals surface area (Å²) in [4.78, 5) is -0.385. The number of benzene rings is 3. The number of hydrogen-bond acceptors (Lipinski definition) is 3.